The first-order valence-corrected chi connectivity index (χ1v) is 10.8. The molecule has 2 aromatic rings. The molecule has 7 nitrogen and oxygen atoms in total. The minimum atomic E-state index is -4.34. The largest absolute Gasteiger partial charge is 0.416 e. The van der Waals surface area contributed by atoms with Gasteiger partial charge in [0.15, 0.2) is 0 Å². The second-order valence-electron chi connectivity index (χ2n) is 8.67. The molecule has 0 radical (unpaired) electrons. The van der Waals surface area contributed by atoms with Crippen molar-refractivity contribution in [2.75, 3.05) is 26.2 Å². The van der Waals surface area contributed by atoms with Crippen molar-refractivity contribution < 1.29 is 23.1 Å². The highest BCUT2D eigenvalue weighted by Gasteiger charge is 2.32. The number of amides is 2. The molecule has 1 aromatic carbocycles. The van der Waals surface area contributed by atoms with E-state index in [1.807, 2.05) is 13.2 Å². The van der Waals surface area contributed by atoms with Crippen LogP contribution in [0.25, 0.3) is 0 Å². The fraction of sp³-hybridized carbons (Fsp3) is 0.545. The summed E-state index contributed by atoms with van der Waals surface area (Å²) >= 11 is 0. The molecular formula is C22H28F3N5O2. The average Bonchev–Trinajstić information content (AvgIpc) is 3.42. The number of benzene rings is 1. The van der Waals surface area contributed by atoms with Crippen LogP contribution in [0.4, 0.5) is 18.0 Å². The van der Waals surface area contributed by atoms with Crippen molar-refractivity contribution in [3.05, 3.63) is 52.8 Å². The van der Waals surface area contributed by atoms with E-state index in [0.29, 0.717) is 44.7 Å². The molecule has 0 bridgehead atoms. The van der Waals surface area contributed by atoms with Crippen molar-refractivity contribution >= 4 is 6.03 Å². The molecule has 2 N–H and O–H groups in total. The molecule has 1 aromatic heterocycles. The lowest BCUT2D eigenvalue weighted by molar-refractivity contribution is -0.137. The predicted molar refractivity (Wildman–Crippen MR) is 112 cm³/mol. The number of halogens is 3. The molecule has 2 amide bonds. The van der Waals surface area contributed by atoms with Crippen molar-refractivity contribution in [2.24, 2.45) is 7.05 Å². The van der Waals surface area contributed by atoms with Crippen LogP contribution in [0.3, 0.4) is 0 Å². The number of hydrogen-bond donors (Lipinski definition) is 2. The summed E-state index contributed by atoms with van der Waals surface area (Å²) in [5.41, 5.74) is 2.02. The number of aliphatic hydroxyl groups is 1. The third-order valence-corrected chi connectivity index (χ3v) is 6.16. The molecular weight excluding hydrogens is 423 g/mol. The Kier molecular flexibility index (Phi) is 6.43. The maximum absolute atomic E-state index is 13.0. The number of β-amino-alcohol motifs (C(OH)–C–C–N with tert-alkyl or cyclic N) is 1. The van der Waals surface area contributed by atoms with E-state index in [4.69, 9.17) is 0 Å². The number of rotatable bonds is 6. The van der Waals surface area contributed by atoms with E-state index < -0.39 is 17.8 Å². The van der Waals surface area contributed by atoms with E-state index in [0.717, 1.165) is 30.3 Å². The molecule has 2 aliphatic rings. The predicted octanol–water partition coefficient (Wildman–Crippen LogP) is 2.70. The van der Waals surface area contributed by atoms with Gasteiger partial charge >= 0.3 is 12.2 Å². The van der Waals surface area contributed by atoms with E-state index in [-0.39, 0.29) is 11.9 Å². The van der Waals surface area contributed by atoms with Crippen molar-refractivity contribution in [3.63, 3.8) is 0 Å². The van der Waals surface area contributed by atoms with Gasteiger partial charge < -0.3 is 20.2 Å². The first-order valence-electron chi connectivity index (χ1n) is 10.8. The van der Waals surface area contributed by atoms with Crippen LogP contribution < -0.4 is 5.32 Å². The quantitative estimate of drug-likeness (QED) is 0.709. The van der Waals surface area contributed by atoms with Gasteiger partial charge in [-0.15, -0.1) is 0 Å². The highest BCUT2D eigenvalue weighted by molar-refractivity contribution is 5.74. The van der Waals surface area contributed by atoms with Gasteiger partial charge in [0.2, 0.25) is 0 Å². The number of likely N-dealkylation sites (tertiary alicyclic amines) is 1. The summed E-state index contributed by atoms with van der Waals surface area (Å²) in [4.78, 5) is 16.1. The average molecular weight is 451 g/mol. The molecule has 0 aliphatic carbocycles. The van der Waals surface area contributed by atoms with Gasteiger partial charge in [0.1, 0.15) is 0 Å². The third-order valence-electron chi connectivity index (χ3n) is 6.16. The van der Waals surface area contributed by atoms with Crippen LogP contribution in [-0.2, 0) is 26.3 Å². The number of carbonyl (C=O) groups excluding carboxylic acids is 1. The molecule has 1 fully saturated rings. The van der Waals surface area contributed by atoms with Crippen LogP contribution in [0.2, 0.25) is 0 Å². The number of hydrogen-bond acceptors (Lipinski definition) is 4. The lowest BCUT2D eigenvalue weighted by Gasteiger charge is -2.21. The number of fused-ring (bicyclic) bond motifs is 1. The van der Waals surface area contributed by atoms with Gasteiger partial charge in [0.25, 0.3) is 0 Å². The molecule has 2 atom stereocenters. The zero-order chi connectivity index (χ0) is 22.9. The minimum Gasteiger partial charge on any atom is -0.392 e. The van der Waals surface area contributed by atoms with Crippen LogP contribution in [-0.4, -0.2) is 63.0 Å². The van der Waals surface area contributed by atoms with Crippen molar-refractivity contribution in [1.82, 2.24) is 24.9 Å². The van der Waals surface area contributed by atoms with E-state index in [1.165, 1.54) is 12.1 Å². The normalized spacial score (nSPS) is 19.9. The minimum absolute atomic E-state index is 0.0232. The Morgan fingerprint density at radius 1 is 1.34 bits per heavy atom. The molecule has 3 heterocycles. The maximum atomic E-state index is 13.0. The number of nitrogens with zero attached hydrogens (tertiary/aromatic N) is 4. The van der Waals surface area contributed by atoms with Crippen LogP contribution in [0.5, 0.6) is 0 Å². The maximum Gasteiger partial charge on any atom is 0.416 e. The molecule has 4 rings (SSSR count). The number of aryl methyl sites for hydroxylation is 1. The Morgan fingerprint density at radius 2 is 2.16 bits per heavy atom. The smallest absolute Gasteiger partial charge is 0.392 e. The van der Waals surface area contributed by atoms with Crippen LogP contribution in [0.15, 0.2) is 30.5 Å². The Bertz CT molecular complexity index is 938. The van der Waals surface area contributed by atoms with E-state index in [1.54, 1.807) is 15.6 Å². The summed E-state index contributed by atoms with van der Waals surface area (Å²) in [5.74, 6) is 0.0232. The Hall–Kier alpha value is -2.59. The molecule has 1 saturated heterocycles. The third kappa shape index (κ3) is 5.24. The van der Waals surface area contributed by atoms with E-state index >= 15 is 0 Å². The molecule has 174 valence electrons. The fourth-order valence-corrected chi connectivity index (χ4v) is 4.52. The molecule has 0 saturated carbocycles. The number of carbonyl (C=O) groups is 1. The molecule has 10 heteroatoms. The van der Waals surface area contributed by atoms with Crippen molar-refractivity contribution in [1.29, 1.82) is 0 Å². The Morgan fingerprint density at radius 3 is 2.91 bits per heavy atom. The standard InChI is InChI=1S/C22H28F3N5O2/c1-28-10-17-12-30(14-20(17)27-28)21(32)26-7-5-19(31)13-29-8-6-16(11-29)15-3-2-4-18(9-15)22(23,24)25/h2-4,9-10,16,19,31H,5-8,11-14H2,1H3,(H,26,32)/t16?,19-/m1/s1. The van der Waals surface area contributed by atoms with Crippen LogP contribution in [0.1, 0.15) is 41.1 Å². The summed E-state index contributed by atoms with van der Waals surface area (Å²) < 4.78 is 40.6. The number of aromatic nitrogens is 2. The fourth-order valence-electron chi connectivity index (χ4n) is 4.52. The highest BCUT2D eigenvalue weighted by atomic mass is 19.4. The number of alkyl halides is 3. The molecule has 0 spiro atoms. The van der Waals surface area contributed by atoms with Gasteiger partial charge in [-0.3, -0.25) is 4.68 Å². The second kappa shape index (κ2) is 9.11. The van der Waals surface area contributed by atoms with Crippen LogP contribution in [0, 0.1) is 0 Å². The number of urea groups is 1. The second-order valence-corrected chi connectivity index (χ2v) is 8.67. The summed E-state index contributed by atoms with van der Waals surface area (Å²) in [6, 6.07) is 5.33. The zero-order valence-corrected chi connectivity index (χ0v) is 18.0. The Balaban J connectivity index is 1.18. The Labute approximate surface area is 184 Å². The van der Waals surface area contributed by atoms with Gasteiger partial charge in [0, 0.05) is 38.4 Å². The monoisotopic (exact) mass is 451 g/mol. The summed E-state index contributed by atoms with van der Waals surface area (Å²) in [7, 11) is 1.85. The van der Waals surface area contributed by atoms with Gasteiger partial charge in [-0.25, -0.2) is 4.79 Å². The molecule has 1 unspecified atom stereocenters. The van der Waals surface area contributed by atoms with Crippen LogP contribution >= 0.6 is 0 Å². The first-order chi connectivity index (χ1) is 15.2. The lowest BCUT2D eigenvalue weighted by atomic mass is 9.96. The summed E-state index contributed by atoms with van der Waals surface area (Å²) in [6.07, 6.45) is -1.88. The number of nitrogens with one attached hydrogen (secondary N) is 1. The lowest BCUT2D eigenvalue weighted by Crippen LogP contribution is -2.39. The van der Waals surface area contributed by atoms with E-state index in [2.05, 4.69) is 15.3 Å². The van der Waals surface area contributed by atoms with Gasteiger partial charge in [-0.2, -0.15) is 18.3 Å². The summed E-state index contributed by atoms with van der Waals surface area (Å²) in [5, 5.41) is 17.5. The molecule has 2 aliphatic heterocycles. The highest BCUT2D eigenvalue weighted by Crippen LogP contribution is 2.33. The van der Waals surface area contributed by atoms with Crippen molar-refractivity contribution in [2.45, 2.75) is 44.1 Å². The van der Waals surface area contributed by atoms with E-state index in [9.17, 15) is 23.1 Å². The summed E-state index contributed by atoms with van der Waals surface area (Å²) in [6.45, 7) is 3.14. The van der Waals surface area contributed by atoms with Gasteiger partial charge in [-0.05, 0) is 36.9 Å². The zero-order valence-electron chi connectivity index (χ0n) is 18.0. The van der Waals surface area contributed by atoms with Gasteiger partial charge in [-0.1, -0.05) is 18.2 Å². The number of aliphatic hydroxyl groups excluding tert-OH is 1. The molecule has 32 heavy (non-hydrogen) atoms. The first kappa shape index (κ1) is 22.6. The SMILES string of the molecule is Cn1cc2c(n1)CN(C(=O)NCC[C@@H](O)CN1CCC(c3cccc(C(F)(F)F)c3)C1)C2. The van der Waals surface area contributed by atoms with Gasteiger partial charge in [0.05, 0.1) is 30.5 Å². The van der Waals surface area contributed by atoms with Crippen molar-refractivity contribution in [3.8, 4) is 0 Å². The topological polar surface area (TPSA) is 73.6 Å².